The summed E-state index contributed by atoms with van der Waals surface area (Å²) >= 11 is 9.66. The van der Waals surface area contributed by atoms with Crippen LogP contribution in [0.3, 0.4) is 0 Å². The highest BCUT2D eigenvalue weighted by Crippen LogP contribution is 2.23. The highest BCUT2D eigenvalue weighted by molar-refractivity contribution is 9.10. The maximum atomic E-state index is 12.8. The number of anilines is 1. The molecule has 28 heavy (non-hydrogen) atoms. The molecule has 0 bridgehead atoms. The second-order valence-electron chi connectivity index (χ2n) is 6.40. The SMILES string of the molecule is Cc1cc(C)n2ncc(C(=O)Nc3nn(Cc4ccccc4Cl)cc3Br)c2n1. The van der Waals surface area contributed by atoms with Gasteiger partial charge in [0.25, 0.3) is 5.91 Å². The van der Waals surface area contributed by atoms with Crippen molar-refractivity contribution in [1.29, 1.82) is 0 Å². The van der Waals surface area contributed by atoms with Crippen LogP contribution >= 0.6 is 27.5 Å². The first-order chi connectivity index (χ1) is 13.4. The van der Waals surface area contributed by atoms with E-state index in [-0.39, 0.29) is 5.91 Å². The van der Waals surface area contributed by atoms with Crippen molar-refractivity contribution < 1.29 is 4.79 Å². The number of fused-ring (bicyclic) bond motifs is 1. The van der Waals surface area contributed by atoms with Gasteiger partial charge in [0.15, 0.2) is 11.5 Å². The van der Waals surface area contributed by atoms with Crippen LogP contribution in [0.1, 0.15) is 27.3 Å². The van der Waals surface area contributed by atoms with Gasteiger partial charge in [-0.05, 0) is 47.5 Å². The number of nitrogens with zero attached hydrogens (tertiary/aromatic N) is 5. The lowest BCUT2D eigenvalue weighted by Gasteiger charge is -2.05. The Balaban J connectivity index is 1.59. The maximum Gasteiger partial charge on any atom is 0.262 e. The number of carbonyl (C=O) groups is 1. The number of aryl methyl sites for hydroxylation is 2. The average molecular weight is 460 g/mol. The summed E-state index contributed by atoms with van der Waals surface area (Å²) in [7, 11) is 0. The largest absolute Gasteiger partial charge is 0.304 e. The predicted octanol–water partition coefficient (Wildman–Crippen LogP) is 4.26. The van der Waals surface area contributed by atoms with Gasteiger partial charge in [-0.3, -0.25) is 9.48 Å². The lowest BCUT2D eigenvalue weighted by atomic mass is 10.2. The monoisotopic (exact) mass is 458 g/mol. The molecule has 1 amide bonds. The second-order valence-corrected chi connectivity index (χ2v) is 7.66. The summed E-state index contributed by atoms with van der Waals surface area (Å²) in [6.45, 7) is 4.29. The first-order valence-corrected chi connectivity index (χ1v) is 9.69. The number of carbonyl (C=O) groups excluding carboxylic acids is 1. The van der Waals surface area contributed by atoms with Crippen molar-refractivity contribution in [3.8, 4) is 0 Å². The molecule has 0 saturated carbocycles. The van der Waals surface area contributed by atoms with Gasteiger partial charge in [0.1, 0.15) is 5.56 Å². The first-order valence-electron chi connectivity index (χ1n) is 8.52. The second kappa shape index (κ2) is 7.37. The van der Waals surface area contributed by atoms with Crippen LogP contribution in [-0.2, 0) is 6.54 Å². The maximum absolute atomic E-state index is 12.8. The third kappa shape index (κ3) is 3.53. The molecule has 4 rings (SSSR count). The Labute approximate surface area is 174 Å². The van der Waals surface area contributed by atoms with E-state index < -0.39 is 0 Å². The number of benzene rings is 1. The van der Waals surface area contributed by atoms with Gasteiger partial charge >= 0.3 is 0 Å². The Hall–Kier alpha value is -2.71. The standard InChI is InChI=1S/C19H16BrClN6O/c1-11-7-12(2)27-18(23-11)14(8-22-27)19(28)24-17-15(20)10-26(25-17)9-13-5-3-4-6-16(13)21/h3-8,10H,9H2,1-2H3,(H,24,25,28). The van der Waals surface area contributed by atoms with Crippen LogP contribution < -0.4 is 5.32 Å². The van der Waals surface area contributed by atoms with Crippen LogP contribution in [0.5, 0.6) is 0 Å². The molecule has 0 aliphatic heterocycles. The van der Waals surface area contributed by atoms with Crippen LogP contribution in [0.2, 0.25) is 5.02 Å². The van der Waals surface area contributed by atoms with E-state index in [0.717, 1.165) is 17.0 Å². The quantitative estimate of drug-likeness (QED) is 0.495. The van der Waals surface area contributed by atoms with Gasteiger partial charge in [0.2, 0.25) is 0 Å². The number of amides is 1. The van der Waals surface area contributed by atoms with E-state index in [0.29, 0.717) is 33.1 Å². The molecule has 142 valence electrons. The summed E-state index contributed by atoms with van der Waals surface area (Å²) in [5, 5.41) is 12.2. The number of aromatic nitrogens is 5. The minimum atomic E-state index is -0.323. The molecule has 3 aromatic heterocycles. The molecule has 0 fully saturated rings. The minimum absolute atomic E-state index is 0.323. The van der Waals surface area contributed by atoms with E-state index >= 15 is 0 Å². The summed E-state index contributed by atoms with van der Waals surface area (Å²) in [4.78, 5) is 17.2. The lowest BCUT2D eigenvalue weighted by Crippen LogP contribution is -2.13. The number of hydrogen-bond acceptors (Lipinski definition) is 4. The van der Waals surface area contributed by atoms with E-state index in [4.69, 9.17) is 11.6 Å². The van der Waals surface area contributed by atoms with Gasteiger partial charge in [-0.25, -0.2) is 9.50 Å². The number of hydrogen-bond donors (Lipinski definition) is 1. The molecule has 0 spiro atoms. The van der Waals surface area contributed by atoms with E-state index in [1.54, 1.807) is 15.4 Å². The fraction of sp³-hybridized carbons (Fsp3) is 0.158. The van der Waals surface area contributed by atoms with E-state index in [1.165, 1.54) is 6.20 Å². The molecular formula is C19H16BrClN6O. The fourth-order valence-electron chi connectivity index (χ4n) is 2.97. The van der Waals surface area contributed by atoms with Crippen LogP contribution in [0.25, 0.3) is 5.65 Å². The summed E-state index contributed by atoms with van der Waals surface area (Å²) in [5.41, 5.74) is 3.58. The zero-order valence-corrected chi connectivity index (χ0v) is 17.5. The van der Waals surface area contributed by atoms with E-state index in [1.807, 2.05) is 44.2 Å². The Kier molecular flexibility index (Phi) is 4.91. The Bertz CT molecular complexity index is 1200. The Morgan fingerprint density at radius 1 is 1.29 bits per heavy atom. The Morgan fingerprint density at radius 3 is 2.86 bits per heavy atom. The molecule has 1 N–H and O–H groups in total. The first kappa shape index (κ1) is 18.6. The minimum Gasteiger partial charge on any atom is -0.304 e. The van der Waals surface area contributed by atoms with Crippen LogP contribution in [0.4, 0.5) is 5.82 Å². The van der Waals surface area contributed by atoms with Crippen LogP contribution in [-0.4, -0.2) is 30.3 Å². The van der Waals surface area contributed by atoms with Crippen molar-refractivity contribution in [3.05, 3.63) is 74.7 Å². The molecular weight excluding hydrogens is 444 g/mol. The molecule has 0 saturated heterocycles. The van der Waals surface area contributed by atoms with Gasteiger partial charge < -0.3 is 5.32 Å². The summed E-state index contributed by atoms with van der Waals surface area (Å²) in [6.07, 6.45) is 3.31. The zero-order valence-electron chi connectivity index (χ0n) is 15.1. The third-order valence-corrected chi connectivity index (χ3v) is 5.21. The van der Waals surface area contributed by atoms with Gasteiger partial charge in [-0.2, -0.15) is 10.2 Å². The van der Waals surface area contributed by atoms with E-state index in [9.17, 15) is 4.79 Å². The van der Waals surface area contributed by atoms with Crippen LogP contribution in [0, 0.1) is 13.8 Å². The van der Waals surface area contributed by atoms with E-state index in [2.05, 4.69) is 36.4 Å². The lowest BCUT2D eigenvalue weighted by molar-refractivity contribution is 0.102. The predicted molar refractivity (Wildman–Crippen MR) is 111 cm³/mol. The van der Waals surface area contributed by atoms with Gasteiger partial charge in [0.05, 0.1) is 17.2 Å². The molecule has 7 nitrogen and oxygen atoms in total. The van der Waals surface area contributed by atoms with Crippen molar-refractivity contribution in [2.75, 3.05) is 5.32 Å². The van der Waals surface area contributed by atoms with Crippen molar-refractivity contribution in [1.82, 2.24) is 24.4 Å². The molecule has 1 aromatic carbocycles. The van der Waals surface area contributed by atoms with Gasteiger partial charge in [-0.1, -0.05) is 29.8 Å². The summed E-state index contributed by atoms with van der Waals surface area (Å²) in [5.74, 6) is 0.0944. The highest BCUT2D eigenvalue weighted by atomic mass is 79.9. The van der Waals surface area contributed by atoms with Crippen molar-refractivity contribution in [2.45, 2.75) is 20.4 Å². The smallest absolute Gasteiger partial charge is 0.262 e. The van der Waals surface area contributed by atoms with Crippen molar-refractivity contribution in [2.24, 2.45) is 0 Å². The molecule has 9 heteroatoms. The van der Waals surface area contributed by atoms with Crippen LogP contribution in [0.15, 0.2) is 47.2 Å². The average Bonchev–Trinajstić information content (AvgIpc) is 3.21. The highest BCUT2D eigenvalue weighted by Gasteiger charge is 2.18. The number of rotatable bonds is 4. The molecule has 0 atom stereocenters. The molecule has 4 aromatic rings. The summed E-state index contributed by atoms with van der Waals surface area (Å²) < 4.78 is 4.03. The summed E-state index contributed by atoms with van der Waals surface area (Å²) in [6, 6.07) is 9.48. The van der Waals surface area contributed by atoms with Gasteiger partial charge in [-0.15, -0.1) is 0 Å². The zero-order chi connectivity index (χ0) is 19.8. The third-order valence-electron chi connectivity index (χ3n) is 4.26. The molecule has 0 unspecified atom stereocenters. The Morgan fingerprint density at radius 2 is 2.07 bits per heavy atom. The molecule has 0 radical (unpaired) electrons. The molecule has 0 aliphatic rings. The molecule has 0 aliphatic carbocycles. The van der Waals surface area contributed by atoms with Crippen molar-refractivity contribution >= 4 is 44.9 Å². The number of nitrogens with one attached hydrogen (secondary N) is 1. The topological polar surface area (TPSA) is 77.1 Å². The normalized spacial score (nSPS) is 11.1. The fourth-order valence-corrected chi connectivity index (χ4v) is 3.58. The van der Waals surface area contributed by atoms with Crippen molar-refractivity contribution in [3.63, 3.8) is 0 Å². The number of halogens is 2. The molecule has 3 heterocycles. The van der Waals surface area contributed by atoms with Gasteiger partial charge in [0, 0.05) is 22.6 Å².